The smallest absolute Gasteiger partial charge is 0.318 e. The van der Waals surface area contributed by atoms with Gasteiger partial charge in [0.15, 0.2) is 5.82 Å². The summed E-state index contributed by atoms with van der Waals surface area (Å²) in [5, 5.41) is 6.88. The molecule has 0 saturated carbocycles. The highest BCUT2D eigenvalue weighted by Crippen LogP contribution is 2.30. The Morgan fingerprint density at radius 2 is 2.20 bits per heavy atom. The topological polar surface area (TPSA) is 89.7 Å². The van der Waals surface area contributed by atoms with Crippen LogP contribution >= 0.6 is 0 Å². The van der Waals surface area contributed by atoms with Crippen molar-refractivity contribution in [3.05, 3.63) is 11.7 Å². The van der Waals surface area contributed by atoms with Crippen molar-refractivity contribution in [3.63, 3.8) is 0 Å². The third-order valence-electron chi connectivity index (χ3n) is 4.77. The predicted octanol–water partition coefficient (Wildman–Crippen LogP) is 1.92. The standard InChI is InChI=1S/C17H28N4O4/c1-2-18-17(22)21-8-3-4-14(21)16-19-15(20-25-16)7-11-24-12-13-5-9-23-10-6-13/h13-14H,2-12H2,1H3,(H,18,22). The van der Waals surface area contributed by atoms with Crippen molar-refractivity contribution in [2.75, 3.05) is 39.5 Å². The molecule has 0 bridgehead atoms. The molecule has 2 aliphatic heterocycles. The first-order chi connectivity index (χ1) is 12.3. The lowest BCUT2D eigenvalue weighted by molar-refractivity contribution is 0.0211. The monoisotopic (exact) mass is 352 g/mol. The molecule has 1 aromatic heterocycles. The highest BCUT2D eigenvalue weighted by molar-refractivity contribution is 5.74. The maximum Gasteiger partial charge on any atom is 0.318 e. The van der Waals surface area contributed by atoms with Gasteiger partial charge in [0, 0.05) is 39.3 Å². The Hall–Kier alpha value is -1.67. The van der Waals surface area contributed by atoms with Crippen LogP contribution in [-0.4, -0.2) is 60.6 Å². The zero-order valence-electron chi connectivity index (χ0n) is 14.9. The fourth-order valence-electron chi connectivity index (χ4n) is 3.35. The van der Waals surface area contributed by atoms with E-state index in [1.54, 1.807) is 4.90 Å². The molecule has 2 amide bonds. The van der Waals surface area contributed by atoms with Gasteiger partial charge in [-0.25, -0.2) is 4.79 Å². The number of rotatable bonds is 7. The normalized spacial score (nSPS) is 21.6. The molecule has 1 N–H and O–H groups in total. The van der Waals surface area contributed by atoms with Crippen molar-refractivity contribution in [1.82, 2.24) is 20.4 Å². The number of hydrogen-bond donors (Lipinski definition) is 1. The summed E-state index contributed by atoms with van der Waals surface area (Å²) in [7, 11) is 0. The van der Waals surface area contributed by atoms with Gasteiger partial charge in [0.2, 0.25) is 5.89 Å². The summed E-state index contributed by atoms with van der Waals surface area (Å²) in [5.74, 6) is 1.77. The van der Waals surface area contributed by atoms with Crippen LogP contribution in [0.1, 0.15) is 50.4 Å². The molecule has 0 aromatic carbocycles. The number of amides is 2. The Balaban J connectivity index is 1.44. The van der Waals surface area contributed by atoms with Crippen molar-refractivity contribution >= 4 is 6.03 Å². The Labute approximate surface area is 148 Å². The minimum atomic E-state index is -0.115. The van der Waals surface area contributed by atoms with Gasteiger partial charge in [-0.3, -0.25) is 0 Å². The molecule has 1 atom stereocenters. The SMILES string of the molecule is CCNC(=O)N1CCCC1c1nc(CCOCC2CCOCC2)no1. The second kappa shape index (κ2) is 9.15. The molecule has 8 nitrogen and oxygen atoms in total. The molecule has 1 aromatic rings. The summed E-state index contributed by atoms with van der Waals surface area (Å²) in [5.41, 5.74) is 0. The first kappa shape index (κ1) is 18.1. The number of urea groups is 1. The summed E-state index contributed by atoms with van der Waals surface area (Å²) in [6.07, 6.45) is 4.58. The maximum atomic E-state index is 12.1. The highest BCUT2D eigenvalue weighted by Gasteiger charge is 2.33. The van der Waals surface area contributed by atoms with Crippen LogP contribution in [-0.2, 0) is 15.9 Å². The molecule has 2 aliphatic rings. The molecule has 2 saturated heterocycles. The molecule has 0 radical (unpaired) electrons. The lowest BCUT2D eigenvalue weighted by Crippen LogP contribution is -2.39. The Bertz CT molecular complexity index is 545. The van der Waals surface area contributed by atoms with Crippen molar-refractivity contribution < 1.29 is 18.8 Å². The van der Waals surface area contributed by atoms with Gasteiger partial charge < -0.3 is 24.2 Å². The van der Waals surface area contributed by atoms with Crippen LogP contribution < -0.4 is 5.32 Å². The van der Waals surface area contributed by atoms with Gasteiger partial charge in [0.05, 0.1) is 6.61 Å². The van der Waals surface area contributed by atoms with E-state index in [0.717, 1.165) is 52.0 Å². The first-order valence-corrected chi connectivity index (χ1v) is 9.30. The largest absolute Gasteiger partial charge is 0.381 e. The van der Waals surface area contributed by atoms with Crippen LogP contribution in [0.5, 0.6) is 0 Å². The molecule has 140 valence electrons. The van der Waals surface area contributed by atoms with Crippen molar-refractivity contribution in [2.45, 2.75) is 45.1 Å². The number of nitrogens with zero attached hydrogens (tertiary/aromatic N) is 3. The molecular weight excluding hydrogens is 324 g/mol. The number of likely N-dealkylation sites (tertiary alicyclic amines) is 1. The third kappa shape index (κ3) is 4.92. The number of nitrogens with one attached hydrogen (secondary N) is 1. The molecule has 3 rings (SSSR count). The minimum absolute atomic E-state index is 0.0652. The molecule has 1 unspecified atom stereocenters. The molecular formula is C17H28N4O4. The number of hydrogen-bond acceptors (Lipinski definition) is 6. The van der Waals surface area contributed by atoms with E-state index in [4.69, 9.17) is 14.0 Å². The molecule has 0 aliphatic carbocycles. The summed E-state index contributed by atoms with van der Waals surface area (Å²) >= 11 is 0. The van der Waals surface area contributed by atoms with E-state index in [-0.39, 0.29) is 12.1 Å². The summed E-state index contributed by atoms with van der Waals surface area (Å²) in [6.45, 7) is 6.28. The van der Waals surface area contributed by atoms with Gasteiger partial charge in [0.25, 0.3) is 0 Å². The average Bonchev–Trinajstić information content (AvgIpc) is 3.29. The fraction of sp³-hybridized carbons (Fsp3) is 0.824. The van der Waals surface area contributed by atoms with Gasteiger partial charge in [-0.05, 0) is 38.5 Å². The van der Waals surface area contributed by atoms with Crippen molar-refractivity contribution in [2.24, 2.45) is 5.92 Å². The second-order valence-electron chi connectivity index (χ2n) is 6.62. The summed E-state index contributed by atoms with van der Waals surface area (Å²) < 4.78 is 16.5. The number of carbonyl (C=O) groups excluding carboxylic acids is 1. The van der Waals surface area contributed by atoms with E-state index in [1.165, 1.54) is 0 Å². The van der Waals surface area contributed by atoms with Gasteiger partial charge >= 0.3 is 6.03 Å². The highest BCUT2D eigenvalue weighted by atomic mass is 16.5. The van der Waals surface area contributed by atoms with Crippen molar-refractivity contribution in [3.8, 4) is 0 Å². The minimum Gasteiger partial charge on any atom is -0.381 e. The molecule has 3 heterocycles. The van der Waals surface area contributed by atoms with Crippen LogP contribution in [0.15, 0.2) is 4.52 Å². The third-order valence-corrected chi connectivity index (χ3v) is 4.77. The van der Waals surface area contributed by atoms with Crippen LogP contribution in [0.25, 0.3) is 0 Å². The maximum absolute atomic E-state index is 12.1. The lowest BCUT2D eigenvalue weighted by Gasteiger charge is -2.21. The van der Waals surface area contributed by atoms with E-state index in [0.29, 0.717) is 37.2 Å². The fourth-order valence-corrected chi connectivity index (χ4v) is 3.35. The van der Waals surface area contributed by atoms with Gasteiger partial charge in [-0.15, -0.1) is 0 Å². The molecule has 25 heavy (non-hydrogen) atoms. The quantitative estimate of drug-likeness (QED) is 0.754. The van der Waals surface area contributed by atoms with Crippen LogP contribution in [0.4, 0.5) is 4.79 Å². The average molecular weight is 352 g/mol. The van der Waals surface area contributed by atoms with Crippen LogP contribution in [0.2, 0.25) is 0 Å². The van der Waals surface area contributed by atoms with Gasteiger partial charge in [-0.2, -0.15) is 4.98 Å². The second-order valence-corrected chi connectivity index (χ2v) is 6.62. The van der Waals surface area contributed by atoms with Gasteiger partial charge in [-0.1, -0.05) is 5.16 Å². The van der Waals surface area contributed by atoms with E-state index in [9.17, 15) is 4.79 Å². The number of ether oxygens (including phenoxy) is 2. The zero-order valence-corrected chi connectivity index (χ0v) is 14.9. The molecule has 0 spiro atoms. The van der Waals surface area contributed by atoms with E-state index < -0.39 is 0 Å². The first-order valence-electron chi connectivity index (χ1n) is 9.30. The number of carbonyl (C=O) groups is 1. The number of aromatic nitrogens is 2. The van der Waals surface area contributed by atoms with E-state index in [2.05, 4.69) is 15.5 Å². The van der Waals surface area contributed by atoms with Crippen LogP contribution in [0, 0.1) is 5.92 Å². The van der Waals surface area contributed by atoms with Crippen molar-refractivity contribution in [1.29, 1.82) is 0 Å². The zero-order chi connectivity index (χ0) is 17.5. The summed E-state index contributed by atoms with van der Waals surface area (Å²) in [6, 6.07) is -0.180. The molecule has 8 heteroatoms. The summed E-state index contributed by atoms with van der Waals surface area (Å²) in [4.78, 5) is 18.3. The Morgan fingerprint density at radius 3 is 3.00 bits per heavy atom. The van der Waals surface area contributed by atoms with E-state index in [1.807, 2.05) is 6.92 Å². The lowest BCUT2D eigenvalue weighted by atomic mass is 10.0. The van der Waals surface area contributed by atoms with Crippen LogP contribution in [0.3, 0.4) is 0 Å². The Morgan fingerprint density at radius 1 is 1.36 bits per heavy atom. The Kier molecular flexibility index (Phi) is 6.63. The predicted molar refractivity (Wildman–Crippen MR) is 90.1 cm³/mol. The van der Waals surface area contributed by atoms with Gasteiger partial charge in [0.1, 0.15) is 6.04 Å². The van der Waals surface area contributed by atoms with E-state index >= 15 is 0 Å². The molecule has 2 fully saturated rings.